The fourth-order valence-electron chi connectivity index (χ4n) is 3.85. The lowest BCUT2D eigenvalue weighted by atomic mass is 9.76. The lowest BCUT2D eigenvalue weighted by Crippen LogP contribution is -2.47. The number of amides is 1. The van der Waals surface area contributed by atoms with E-state index in [0.717, 1.165) is 31.6 Å². The minimum atomic E-state index is -0.0165. The monoisotopic (exact) mass is 346 g/mol. The molecule has 0 bridgehead atoms. The molecule has 1 aliphatic rings. The van der Waals surface area contributed by atoms with Gasteiger partial charge in [0.05, 0.1) is 11.3 Å². The topological polar surface area (TPSA) is 51.0 Å². The van der Waals surface area contributed by atoms with Gasteiger partial charge in [-0.25, -0.2) is 9.67 Å². The van der Waals surface area contributed by atoms with E-state index in [9.17, 15) is 4.79 Å². The third-order valence-electron chi connectivity index (χ3n) is 5.25. The predicted octanol–water partition coefficient (Wildman–Crippen LogP) is 3.46. The zero-order chi connectivity index (χ0) is 18.0. The molecule has 1 amide bonds. The largest absolute Gasteiger partial charge is 0.338 e. The first-order valence-corrected chi connectivity index (χ1v) is 8.96. The van der Waals surface area contributed by atoms with Crippen molar-refractivity contribution < 1.29 is 4.79 Å². The number of nitrogens with zero attached hydrogens (tertiary/aromatic N) is 4. The van der Waals surface area contributed by atoms with E-state index in [0.29, 0.717) is 5.56 Å². The van der Waals surface area contributed by atoms with E-state index in [2.05, 4.69) is 41.3 Å². The molecule has 0 spiro atoms. The highest BCUT2D eigenvalue weighted by Gasteiger charge is 2.35. The first-order chi connectivity index (χ1) is 12.7. The average molecular weight is 346 g/mol. The van der Waals surface area contributed by atoms with Crippen molar-refractivity contribution in [2.24, 2.45) is 0 Å². The summed E-state index contributed by atoms with van der Waals surface area (Å²) < 4.78 is 1.65. The molecule has 0 N–H and O–H groups in total. The summed E-state index contributed by atoms with van der Waals surface area (Å²) in [6, 6.07) is 18.1. The summed E-state index contributed by atoms with van der Waals surface area (Å²) >= 11 is 0. The summed E-state index contributed by atoms with van der Waals surface area (Å²) in [6.07, 6.45) is 5.19. The molecule has 0 saturated carbocycles. The number of hydrogen-bond acceptors (Lipinski definition) is 3. The first-order valence-electron chi connectivity index (χ1n) is 8.96. The number of carbonyl (C=O) groups is 1. The summed E-state index contributed by atoms with van der Waals surface area (Å²) in [5, 5.41) is 4.19. The Morgan fingerprint density at radius 2 is 1.85 bits per heavy atom. The van der Waals surface area contributed by atoms with Gasteiger partial charge in [-0.05, 0) is 30.5 Å². The van der Waals surface area contributed by atoms with E-state index in [-0.39, 0.29) is 11.3 Å². The van der Waals surface area contributed by atoms with Crippen LogP contribution in [0.25, 0.3) is 5.69 Å². The van der Waals surface area contributed by atoms with Gasteiger partial charge in [0, 0.05) is 18.5 Å². The molecule has 0 radical (unpaired) electrons. The van der Waals surface area contributed by atoms with Crippen LogP contribution in [0.3, 0.4) is 0 Å². The van der Waals surface area contributed by atoms with Crippen molar-refractivity contribution in [2.45, 2.75) is 25.2 Å². The van der Waals surface area contributed by atoms with Crippen LogP contribution in [-0.4, -0.2) is 38.7 Å². The quantitative estimate of drug-likeness (QED) is 0.730. The van der Waals surface area contributed by atoms with Gasteiger partial charge in [-0.2, -0.15) is 5.10 Å². The molecular formula is C21H22N4O. The maximum absolute atomic E-state index is 13.3. The Bertz CT molecular complexity index is 891. The molecule has 0 aliphatic carbocycles. The molecular weight excluding hydrogens is 324 g/mol. The summed E-state index contributed by atoms with van der Waals surface area (Å²) in [5.41, 5.74) is 2.71. The Labute approximate surface area is 153 Å². The van der Waals surface area contributed by atoms with E-state index in [1.165, 1.54) is 11.9 Å². The van der Waals surface area contributed by atoms with Crippen molar-refractivity contribution in [3.05, 3.63) is 78.4 Å². The van der Waals surface area contributed by atoms with Gasteiger partial charge in [0.15, 0.2) is 0 Å². The second-order valence-electron chi connectivity index (χ2n) is 7.11. The minimum absolute atomic E-state index is 0.0165. The third kappa shape index (κ3) is 3.01. The fourth-order valence-corrected chi connectivity index (χ4v) is 3.85. The summed E-state index contributed by atoms with van der Waals surface area (Å²) in [4.78, 5) is 19.3. The summed E-state index contributed by atoms with van der Waals surface area (Å²) in [6.45, 7) is 3.76. The Kier molecular flexibility index (Phi) is 4.29. The Morgan fingerprint density at radius 3 is 2.62 bits per heavy atom. The highest BCUT2D eigenvalue weighted by atomic mass is 16.2. The van der Waals surface area contributed by atoms with E-state index in [4.69, 9.17) is 0 Å². The van der Waals surface area contributed by atoms with Gasteiger partial charge in [-0.1, -0.05) is 49.4 Å². The van der Waals surface area contributed by atoms with Crippen LogP contribution in [-0.2, 0) is 5.41 Å². The minimum Gasteiger partial charge on any atom is -0.338 e. The highest BCUT2D eigenvalue weighted by Crippen LogP contribution is 2.34. The Hall–Kier alpha value is -2.95. The van der Waals surface area contributed by atoms with Crippen molar-refractivity contribution in [1.29, 1.82) is 0 Å². The van der Waals surface area contributed by atoms with Crippen LogP contribution in [0.4, 0.5) is 0 Å². The number of para-hydroxylation sites is 1. The van der Waals surface area contributed by atoms with Crippen LogP contribution in [0.2, 0.25) is 0 Å². The van der Waals surface area contributed by atoms with Gasteiger partial charge in [-0.15, -0.1) is 0 Å². The Morgan fingerprint density at radius 1 is 1.08 bits per heavy atom. The van der Waals surface area contributed by atoms with Crippen molar-refractivity contribution in [2.75, 3.05) is 13.1 Å². The third-order valence-corrected chi connectivity index (χ3v) is 5.25. The zero-order valence-electron chi connectivity index (χ0n) is 14.9. The van der Waals surface area contributed by atoms with Gasteiger partial charge in [0.2, 0.25) is 0 Å². The number of aromatic nitrogens is 3. The van der Waals surface area contributed by atoms with E-state index in [1.54, 1.807) is 11.0 Å². The van der Waals surface area contributed by atoms with E-state index >= 15 is 0 Å². The summed E-state index contributed by atoms with van der Waals surface area (Å²) in [7, 11) is 0. The molecule has 2 aromatic carbocycles. The number of benzene rings is 2. The Balaban J connectivity index is 1.63. The molecule has 26 heavy (non-hydrogen) atoms. The summed E-state index contributed by atoms with van der Waals surface area (Å²) in [5.74, 6) is 0.0537. The van der Waals surface area contributed by atoms with Crippen LogP contribution >= 0.6 is 0 Å². The maximum Gasteiger partial charge on any atom is 0.256 e. The van der Waals surface area contributed by atoms with Gasteiger partial charge >= 0.3 is 0 Å². The normalized spacial score (nSPS) is 20.1. The second-order valence-corrected chi connectivity index (χ2v) is 7.11. The molecule has 1 aliphatic heterocycles. The average Bonchev–Trinajstić information content (AvgIpc) is 3.23. The highest BCUT2D eigenvalue weighted by molar-refractivity contribution is 5.97. The molecule has 132 valence electrons. The molecule has 3 aromatic rings. The van der Waals surface area contributed by atoms with Crippen LogP contribution in [0.1, 0.15) is 35.7 Å². The zero-order valence-corrected chi connectivity index (χ0v) is 14.9. The van der Waals surface area contributed by atoms with Crippen LogP contribution in [0.15, 0.2) is 67.3 Å². The van der Waals surface area contributed by atoms with Gasteiger partial charge < -0.3 is 4.90 Å². The van der Waals surface area contributed by atoms with Crippen LogP contribution in [0.5, 0.6) is 0 Å². The standard InChI is InChI=1S/C21H22N4O/c1-21(17-8-3-2-4-9-17)12-7-13-24(14-21)20(26)18-10-5-6-11-19(18)25-16-22-15-23-25/h2-6,8-11,15-16H,7,12-14H2,1H3/t21-/m1/s1. The lowest BCUT2D eigenvalue weighted by Gasteiger charge is -2.41. The molecule has 1 aromatic heterocycles. The lowest BCUT2D eigenvalue weighted by molar-refractivity contribution is 0.0651. The smallest absolute Gasteiger partial charge is 0.256 e. The van der Waals surface area contributed by atoms with Crippen molar-refractivity contribution in [3.63, 3.8) is 0 Å². The number of piperidine rings is 1. The van der Waals surface area contributed by atoms with Crippen molar-refractivity contribution >= 4 is 5.91 Å². The van der Waals surface area contributed by atoms with Gasteiger partial charge in [0.1, 0.15) is 12.7 Å². The fraction of sp³-hybridized carbons (Fsp3) is 0.286. The molecule has 5 nitrogen and oxygen atoms in total. The van der Waals surface area contributed by atoms with E-state index < -0.39 is 0 Å². The van der Waals surface area contributed by atoms with Crippen LogP contribution in [0, 0.1) is 0 Å². The number of likely N-dealkylation sites (tertiary alicyclic amines) is 1. The van der Waals surface area contributed by atoms with Crippen molar-refractivity contribution in [3.8, 4) is 5.69 Å². The molecule has 4 rings (SSSR count). The molecule has 0 unspecified atom stereocenters. The van der Waals surface area contributed by atoms with Gasteiger partial charge in [0.25, 0.3) is 5.91 Å². The van der Waals surface area contributed by atoms with Crippen LogP contribution < -0.4 is 0 Å². The van der Waals surface area contributed by atoms with E-state index in [1.807, 2.05) is 35.2 Å². The number of rotatable bonds is 3. The molecule has 2 heterocycles. The predicted molar refractivity (Wildman–Crippen MR) is 100 cm³/mol. The first kappa shape index (κ1) is 16.5. The van der Waals surface area contributed by atoms with Gasteiger partial charge in [-0.3, -0.25) is 4.79 Å². The number of hydrogen-bond donors (Lipinski definition) is 0. The maximum atomic E-state index is 13.3. The second kappa shape index (κ2) is 6.75. The molecule has 1 saturated heterocycles. The molecule has 5 heteroatoms. The SMILES string of the molecule is C[C@@]1(c2ccccc2)CCCN(C(=O)c2ccccc2-n2cncn2)C1. The molecule has 1 atom stereocenters. The number of carbonyl (C=O) groups excluding carboxylic acids is 1. The molecule has 1 fully saturated rings. The van der Waals surface area contributed by atoms with Crippen molar-refractivity contribution in [1.82, 2.24) is 19.7 Å².